The van der Waals surface area contributed by atoms with Crippen LogP contribution in [0.5, 0.6) is 0 Å². The minimum atomic E-state index is 0.894. The first-order chi connectivity index (χ1) is 8.83. The van der Waals surface area contributed by atoms with Crippen molar-refractivity contribution in [2.45, 2.75) is 84.1 Å². The Morgan fingerprint density at radius 1 is 0.944 bits per heavy atom. The van der Waals surface area contributed by atoms with Crippen LogP contribution in [0, 0.1) is 17.8 Å². The second kappa shape index (κ2) is 7.53. The standard InChI is InChI=1S/C17H33N/c1-3-5-6-7-15-12-14(4-2)8-9-16(15)13-18-17-10-11-17/h14-18H,3-13H2,1-2H3. The van der Waals surface area contributed by atoms with Crippen molar-refractivity contribution in [3.05, 3.63) is 0 Å². The maximum Gasteiger partial charge on any atom is 0.00683 e. The van der Waals surface area contributed by atoms with E-state index in [-0.39, 0.29) is 0 Å². The molecule has 2 rings (SSSR count). The molecule has 2 fully saturated rings. The van der Waals surface area contributed by atoms with Gasteiger partial charge in [-0.25, -0.2) is 0 Å². The van der Waals surface area contributed by atoms with Crippen molar-refractivity contribution in [1.29, 1.82) is 0 Å². The number of hydrogen-bond donors (Lipinski definition) is 1. The molecule has 0 aromatic carbocycles. The molecule has 2 aliphatic carbocycles. The minimum absolute atomic E-state index is 0.894. The first-order valence-electron chi connectivity index (χ1n) is 8.56. The van der Waals surface area contributed by atoms with Gasteiger partial charge in [-0.3, -0.25) is 0 Å². The molecule has 3 atom stereocenters. The number of unbranched alkanes of at least 4 members (excludes halogenated alkanes) is 2. The van der Waals surface area contributed by atoms with Crippen LogP contribution in [0.15, 0.2) is 0 Å². The zero-order valence-corrected chi connectivity index (χ0v) is 12.6. The summed E-state index contributed by atoms with van der Waals surface area (Å²) in [4.78, 5) is 0. The van der Waals surface area contributed by atoms with Gasteiger partial charge >= 0.3 is 0 Å². The Hall–Kier alpha value is -0.0400. The summed E-state index contributed by atoms with van der Waals surface area (Å²) in [5, 5.41) is 3.78. The van der Waals surface area contributed by atoms with Crippen LogP contribution in [0.2, 0.25) is 0 Å². The summed E-state index contributed by atoms with van der Waals surface area (Å²) >= 11 is 0. The summed E-state index contributed by atoms with van der Waals surface area (Å²) in [6, 6.07) is 0.894. The maximum absolute atomic E-state index is 3.78. The van der Waals surface area contributed by atoms with Gasteiger partial charge in [0.25, 0.3) is 0 Å². The topological polar surface area (TPSA) is 12.0 Å². The molecule has 1 N–H and O–H groups in total. The highest BCUT2D eigenvalue weighted by Gasteiger charge is 2.30. The van der Waals surface area contributed by atoms with Crippen LogP contribution in [0.3, 0.4) is 0 Å². The highest BCUT2D eigenvalue weighted by atomic mass is 14.9. The zero-order chi connectivity index (χ0) is 12.8. The zero-order valence-electron chi connectivity index (χ0n) is 12.6. The maximum atomic E-state index is 3.78. The normalized spacial score (nSPS) is 32.7. The van der Waals surface area contributed by atoms with Crippen molar-refractivity contribution < 1.29 is 0 Å². The summed E-state index contributed by atoms with van der Waals surface area (Å²) in [7, 11) is 0. The van der Waals surface area contributed by atoms with Gasteiger partial charge in [0.15, 0.2) is 0 Å². The fourth-order valence-corrected chi connectivity index (χ4v) is 3.68. The van der Waals surface area contributed by atoms with Gasteiger partial charge in [0.05, 0.1) is 0 Å². The highest BCUT2D eigenvalue weighted by Crippen LogP contribution is 2.38. The van der Waals surface area contributed by atoms with Gasteiger partial charge in [-0.1, -0.05) is 52.4 Å². The smallest absolute Gasteiger partial charge is 0.00683 e. The van der Waals surface area contributed by atoms with E-state index in [4.69, 9.17) is 0 Å². The third-order valence-corrected chi connectivity index (χ3v) is 5.25. The van der Waals surface area contributed by atoms with Crippen molar-refractivity contribution in [1.82, 2.24) is 5.32 Å². The van der Waals surface area contributed by atoms with Gasteiger partial charge in [-0.2, -0.15) is 0 Å². The van der Waals surface area contributed by atoms with Gasteiger partial charge in [0.2, 0.25) is 0 Å². The van der Waals surface area contributed by atoms with E-state index in [9.17, 15) is 0 Å². The first-order valence-corrected chi connectivity index (χ1v) is 8.56. The van der Waals surface area contributed by atoms with E-state index in [2.05, 4.69) is 19.2 Å². The summed E-state index contributed by atoms with van der Waals surface area (Å²) in [5.41, 5.74) is 0. The van der Waals surface area contributed by atoms with Crippen molar-refractivity contribution >= 4 is 0 Å². The average Bonchev–Trinajstić information content (AvgIpc) is 3.21. The van der Waals surface area contributed by atoms with Gasteiger partial charge in [0, 0.05) is 6.04 Å². The number of hydrogen-bond acceptors (Lipinski definition) is 1. The summed E-state index contributed by atoms with van der Waals surface area (Å²) in [6.45, 7) is 6.02. The van der Waals surface area contributed by atoms with Crippen LogP contribution in [0.4, 0.5) is 0 Å². The monoisotopic (exact) mass is 251 g/mol. The molecule has 0 heterocycles. The Morgan fingerprint density at radius 3 is 2.44 bits per heavy atom. The van der Waals surface area contributed by atoms with Crippen molar-refractivity contribution in [2.24, 2.45) is 17.8 Å². The molecule has 18 heavy (non-hydrogen) atoms. The molecule has 0 amide bonds. The van der Waals surface area contributed by atoms with E-state index >= 15 is 0 Å². The van der Waals surface area contributed by atoms with E-state index in [1.54, 1.807) is 0 Å². The van der Waals surface area contributed by atoms with Crippen LogP contribution in [0.25, 0.3) is 0 Å². The van der Waals surface area contributed by atoms with Gasteiger partial charge < -0.3 is 5.32 Å². The molecule has 1 nitrogen and oxygen atoms in total. The molecular formula is C17H33N. The molecule has 0 aliphatic heterocycles. The number of nitrogens with one attached hydrogen (secondary N) is 1. The molecule has 0 aromatic rings. The minimum Gasteiger partial charge on any atom is -0.314 e. The van der Waals surface area contributed by atoms with Gasteiger partial charge in [0.1, 0.15) is 0 Å². The molecule has 106 valence electrons. The fourth-order valence-electron chi connectivity index (χ4n) is 3.68. The van der Waals surface area contributed by atoms with Crippen LogP contribution < -0.4 is 5.32 Å². The predicted octanol–water partition coefficient (Wildman–Crippen LogP) is 4.76. The Morgan fingerprint density at radius 2 is 1.78 bits per heavy atom. The molecule has 1 heteroatoms. The summed E-state index contributed by atoms with van der Waals surface area (Å²) < 4.78 is 0. The lowest BCUT2D eigenvalue weighted by molar-refractivity contribution is 0.159. The molecular weight excluding hydrogens is 218 g/mol. The quantitative estimate of drug-likeness (QED) is 0.613. The molecule has 0 spiro atoms. The van der Waals surface area contributed by atoms with Crippen LogP contribution in [-0.2, 0) is 0 Å². The molecule has 2 saturated carbocycles. The van der Waals surface area contributed by atoms with E-state index in [1.165, 1.54) is 70.8 Å². The van der Waals surface area contributed by atoms with E-state index in [0.717, 1.165) is 23.8 Å². The van der Waals surface area contributed by atoms with Gasteiger partial charge in [-0.05, 0) is 50.0 Å². The molecule has 0 bridgehead atoms. The first kappa shape index (κ1) is 14.4. The summed E-state index contributed by atoms with van der Waals surface area (Å²) in [6.07, 6.45) is 14.6. The van der Waals surface area contributed by atoms with E-state index in [0.29, 0.717) is 0 Å². The predicted molar refractivity (Wildman–Crippen MR) is 79.8 cm³/mol. The van der Waals surface area contributed by atoms with Crippen molar-refractivity contribution in [2.75, 3.05) is 6.54 Å². The van der Waals surface area contributed by atoms with Gasteiger partial charge in [-0.15, -0.1) is 0 Å². The largest absolute Gasteiger partial charge is 0.314 e. The van der Waals surface area contributed by atoms with Crippen LogP contribution >= 0.6 is 0 Å². The SMILES string of the molecule is CCCCCC1CC(CC)CCC1CNC1CC1. The van der Waals surface area contributed by atoms with Crippen LogP contribution in [0.1, 0.15) is 78.1 Å². The van der Waals surface area contributed by atoms with E-state index in [1.807, 2.05) is 0 Å². The lowest BCUT2D eigenvalue weighted by Gasteiger charge is -2.36. The second-order valence-corrected chi connectivity index (χ2v) is 6.79. The Kier molecular flexibility index (Phi) is 6.01. The molecule has 3 unspecified atom stereocenters. The third kappa shape index (κ3) is 4.57. The van der Waals surface area contributed by atoms with E-state index < -0.39 is 0 Å². The third-order valence-electron chi connectivity index (χ3n) is 5.25. The lowest BCUT2D eigenvalue weighted by Crippen LogP contribution is -2.34. The Balaban J connectivity index is 1.75. The fraction of sp³-hybridized carbons (Fsp3) is 1.00. The number of rotatable bonds is 8. The molecule has 0 saturated heterocycles. The summed E-state index contributed by atoms with van der Waals surface area (Å²) in [5.74, 6) is 3.06. The highest BCUT2D eigenvalue weighted by molar-refractivity contribution is 4.86. The molecule has 2 aliphatic rings. The molecule has 0 aromatic heterocycles. The Labute approximate surface area is 114 Å². The second-order valence-electron chi connectivity index (χ2n) is 6.79. The lowest BCUT2D eigenvalue weighted by atomic mass is 9.71. The van der Waals surface area contributed by atoms with Crippen LogP contribution in [-0.4, -0.2) is 12.6 Å². The Bertz CT molecular complexity index is 222. The van der Waals surface area contributed by atoms with Crippen molar-refractivity contribution in [3.8, 4) is 0 Å². The average molecular weight is 251 g/mol. The molecule has 0 radical (unpaired) electrons. The van der Waals surface area contributed by atoms with Crippen molar-refractivity contribution in [3.63, 3.8) is 0 Å².